The molecule has 0 fully saturated rings. The molecule has 2 nitrogen and oxygen atoms in total. The van der Waals surface area contributed by atoms with Crippen LogP contribution >= 0.6 is 22.6 Å². The summed E-state index contributed by atoms with van der Waals surface area (Å²) in [5.74, 6) is -0.316. The molecule has 2 rings (SSSR count). The van der Waals surface area contributed by atoms with Gasteiger partial charge < -0.3 is 4.74 Å². The number of carbonyl (C=O) groups excluding carboxylic acids is 1. The van der Waals surface area contributed by atoms with Crippen molar-refractivity contribution in [3.63, 3.8) is 0 Å². The van der Waals surface area contributed by atoms with Crippen molar-refractivity contribution in [2.45, 2.75) is 0 Å². The molecule has 0 aliphatic heterocycles. The lowest BCUT2D eigenvalue weighted by atomic mass is 9.95. The van der Waals surface area contributed by atoms with Crippen LogP contribution in [0.1, 0.15) is 15.9 Å². The lowest BCUT2D eigenvalue weighted by Gasteiger charge is -2.10. The Morgan fingerprint density at radius 1 is 1.05 bits per heavy atom. The molecule has 0 N–H and O–H groups in total. The average Bonchev–Trinajstić information content (AvgIpc) is 2.47. The van der Waals surface area contributed by atoms with Crippen LogP contribution in [0.15, 0.2) is 52.6 Å². The van der Waals surface area contributed by atoms with Gasteiger partial charge in [-0.1, -0.05) is 65.1 Å². The van der Waals surface area contributed by atoms with Gasteiger partial charge in [-0.2, -0.15) is 0 Å². The smallest absolute Gasteiger partial charge is 0.338 e. The normalized spacial score (nSPS) is 10.6. The van der Waals surface area contributed by atoms with Crippen molar-refractivity contribution in [2.75, 3.05) is 7.11 Å². The average molecular weight is 364 g/mol. The van der Waals surface area contributed by atoms with Crippen LogP contribution in [-0.2, 0) is 4.74 Å². The van der Waals surface area contributed by atoms with Crippen molar-refractivity contribution >= 4 is 34.6 Å². The van der Waals surface area contributed by atoms with Gasteiger partial charge >= 0.3 is 5.97 Å². The zero-order chi connectivity index (χ0) is 13.7. The number of methoxy groups -OCH3 is 1. The summed E-state index contributed by atoms with van der Waals surface area (Å²) >= 11 is 2.18. The fraction of sp³-hybridized carbons (Fsp3) is 0.0625. The van der Waals surface area contributed by atoms with Crippen molar-refractivity contribution in [1.29, 1.82) is 0 Å². The van der Waals surface area contributed by atoms with Gasteiger partial charge in [-0.3, -0.25) is 0 Å². The fourth-order valence-corrected chi connectivity index (χ4v) is 2.35. The van der Waals surface area contributed by atoms with Crippen molar-refractivity contribution in [3.8, 4) is 11.1 Å². The van der Waals surface area contributed by atoms with Gasteiger partial charge in [0.2, 0.25) is 0 Å². The number of esters is 1. The number of hydrogen-bond acceptors (Lipinski definition) is 2. The highest BCUT2D eigenvalue weighted by Crippen LogP contribution is 2.28. The third-order valence-electron chi connectivity index (χ3n) is 2.83. The Bertz CT molecular complexity index is 618. The van der Waals surface area contributed by atoms with Crippen LogP contribution in [0.2, 0.25) is 0 Å². The first kappa shape index (κ1) is 13.8. The Morgan fingerprint density at radius 3 is 2.37 bits per heavy atom. The number of benzene rings is 2. The quantitative estimate of drug-likeness (QED) is 0.590. The molecule has 2 aromatic rings. The molecule has 0 aliphatic carbocycles. The van der Waals surface area contributed by atoms with Crippen LogP contribution in [0, 0.1) is 0 Å². The van der Waals surface area contributed by atoms with Gasteiger partial charge in [0.15, 0.2) is 0 Å². The summed E-state index contributed by atoms with van der Waals surface area (Å²) < 4.78 is 6.80. The van der Waals surface area contributed by atoms with Crippen molar-refractivity contribution in [1.82, 2.24) is 0 Å². The van der Waals surface area contributed by atoms with E-state index >= 15 is 0 Å². The molecule has 0 aromatic heterocycles. The molecule has 2 aromatic carbocycles. The first-order valence-corrected chi connectivity index (χ1v) is 7.06. The Kier molecular flexibility index (Phi) is 4.74. The molecule has 3 heteroatoms. The highest BCUT2D eigenvalue weighted by Gasteiger charge is 2.13. The Morgan fingerprint density at radius 2 is 1.68 bits per heavy atom. The van der Waals surface area contributed by atoms with E-state index < -0.39 is 0 Å². The molecular weight excluding hydrogens is 351 g/mol. The first-order chi connectivity index (χ1) is 9.27. The molecule has 0 saturated heterocycles. The summed E-state index contributed by atoms with van der Waals surface area (Å²) in [6, 6.07) is 15.5. The second kappa shape index (κ2) is 6.52. The maximum atomic E-state index is 11.8. The topological polar surface area (TPSA) is 26.3 Å². The summed E-state index contributed by atoms with van der Waals surface area (Å²) in [5, 5.41) is 0. The van der Waals surface area contributed by atoms with E-state index in [0.29, 0.717) is 5.56 Å². The minimum atomic E-state index is -0.316. The van der Waals surface area contributed by atoms with Gasteiger partial charge in [-0.05, 0) is 32.9 Å². The van der Waals surface area contributed by atoms with Gasteiger partial charge in [0.05, 0.1) is 12.7 Å². The Labute approximate surface area is 126 Å². The van der Waals surface area contributed by atoms with Crippen LogP contribution in [0.5, 0.6) is 0 Å². The van der Waals surface area contributed by atoms with Crippen LogP contribution in [0.25, 0.3) is 17.2 Å². The van der Waals surface area contributed by atoms with Crippen molar-refractivity contribution < 1.29 is 9.53 Å². The zero-order valence-electron chi connectivity index (χ0n) is 10.5. The number of halogens is 1. The molecule has 96 valence electrons. The second-order valence-electron chi connectivity index (χ2n) is 3.92. The molecule has 0 unspecified atom stereocenters. The van der Waals surface area contributed by atoms with E-state index in [4.69, 9.17) is 4.74 Å². The van der Waals surface area contributed by atoms with E-state index in [1.165, 1.54) is 7.11 Å². The Hall–Kier alpha value is -1.62. The number of ether oxygens (including phenoxy) is 1. The van der Waals surface area contributed by atoms with Gasteiger partial charge in [-0.25, -0.2) is 4.79 Å². The molecule has 0 heterocycles. The standard InChI is InChI=1S/C16H13IO2/c1-19-16(18)15-9-5-4-8-14(15)13-7-3-2-6-12(13)10-11-17/h2-11H,1H3/b11-10-. The lowest BCUT2D eigenvalue weighted by molar-refractivity contribution is 0.0601. The maximum Gasteiger partial charge on any atom is 0.338 e. The predicted octanol–water partition coefficient (Wildman–Crippen LogP) is 4.55. The molecule has 0 aliphatic rings. The summed E-state index contributed by atoms with van der Waals surface area (Å²) in [6.45, 7) is 0. The van der Waals surface area contributed by atoms with E-state index in [9.17, 15) is 4.79 Å². The molecule has 19 heavy (non-hydrogen) atoms. The first-order valence-electron chi connectivity index (χ1n) is 5.81. The molecule has 0 bridgehead atoms. The molecule has 0 atom stereocenters. The highest BCUT2D eigenvalue weighted by molar-refractivity contribution is 14.1. The third-order valence-corrected chi connectivity index (χ3v) is 3.19. The predicted molar refractivity (Wildman–Crippen MR) is 86.3 cm³/mol. The van der Waals surface area contributed by atoms with E-state index in [1.54, 1.807) is 6.07 Å². The molecule has 0 amide bonds. The highest BCUT2D eigenvalue weighted by atomic mass is 127. The van der Waals surface area contributed by atoms with Gasteiger partial charge in [0.1, 0.15) is 0 Å². The number of hydrogen-bond donors (Lipinski definition) is 0. The minimum Gasteiger partial charge on any atom is -0.465 e. The van der Waals surface area contributed by atoms with Crippen molar-refractivity contribution in [3.05, 3.63) is 63.7 Å². The summed E-state index contributed by atoms with van der Waals surface area (Å²) in [7, 11) is 1.40. The summed E-state index contributed by atoms with van der Waals surface area (Å²) in [6.07, 6.45) is 2.02. The molecule has 0 radical (unpaired) electrons. The van der Waals surface area contributed by atoms with Crippen LogP contribution < -0.4 is 0 Å². The zero-order valence-corrected chi connectivity index (χ0v) is 12.6. The number of rotatable bonds is 3. The molecular formula is C16H13IO2. The van der Waals surface area contributed by atoms with Crippen LogP contribution in [-0.4, -0.2) is 13.1 Å². The summed E-state index contributed by atoms with van der Waals surface area (Å²) in [5.41, 5.74) is 3.57. The van der Waals surface area contributed by atoms with E-state index in [1.807, 2.05) is 52.6 Å². The lowest BCUT2D eigenvalue weighted by Crippen LogP contribution is -2.03. The largest absolute Gasteiger partial charge is 0.465 e. The van der Waals surface area contributed by atoms with Gasteiger partial charge in [0.25, 0.3) is 0 Å². The van der Waals surface area contributed by atoms with Gasteiger partial charge in [-0.15, -0.1) is 0 Å². The van der Waals surface area contributed by atoms with Crippen LogP contribution in [0.4, 0.5) is 0 Å². The molecule has 0 spiro atoms. The third kappa shape index (κ3) is 3.04. The minimum absolute atomic E-state index is 0.316. The summed E-state index contributed by atoms with van der Waals surface area (Å²) in [4.78, 5) is 11.8. The van der Waals surface area contributed by atoms with E-state index in [-0.39, 0.29) is 5.97 Å². The molecule has 0 saturated carbocycles. The maximum absolute atomic E-state index is 11.8. The number of carbonyl (C=O) groups is 1. The van der Waals surface area contributed by atoms with Gasteiger partial charge in [0, 0.05) is 0 Å². The van der Waals surface area contributed by atoms with E-state index in [0.717, 1.165) is 16.7 Å². The Balaban J connectivity index is 2.62. The van der Waals surface area contributed by atoms with Crippen molar-refractivity contribution in [2.24, 2.45) is 0 Å². The van der Waals surface area contributed by atoms with E-state index in [2.05, 4.69) is 22.6 Å². The van der Waals surface area contributed by atoms with Crippen LogP contribution in [0.3, 0.4) is 0 Å². The second-order valence-corrected chi connectivity index (χ2v) is 4.64. The monoisotopic (exact) mass is 364 g/mol. The fourth-order valence-electron chi connectivity index (χ4n) is 1.96. The SMILES string of the molecule is COC(=O)c1ccccc1-c1ccccc1/C=C\I.